The van der Waals surface area contributed by atoms with Crippen molar-refractivity contribution in [3.8, 4) is 0 Å². The summed E-state index contributed by atoms with van der Waals surface area (Å²) >= 11 is 0. The van der Waals surface area contributed by atoms with E-state index in [0.717, 1.165) is 24.0 Å². The molecule has 5 nitrogen and oxygen atoms in total. The van der Waals surface area contributed by atoms with Crippen molar-refractivity contribution in [1.29, 1.82) is 0 Å². The van der Waals surface area contributed by atoms with Gasteiger partial charge in [0, 0.05) is 25.3 Å². The summed E-state index contributed by atoms with van der Waals surface area (Å²) in [5.74, 6) is 0.237. The van der Waals surface area contributed by atoms with Crippen LogP contribution in [0.5, 0.6) is 0 Å². The standard InChI is InChI=1S/C17H22N2O3/c20-14-10-12-4-1-2-5-13(12)16(14)19-15(21)6-3-9-18-17(22)11-7-8-11/h1-2,4-5,11,14,16,20H,3,6-10H2,(H,18,22)(H,19,21)/t14-,16-/m1/s1. The summed E-state index contributed by atoms with van der Waals surface area (Å²) in [6.07, 6.45) is 2.98. The average Bonchev–Trinajstić information content (AvgIpc) is 3.30. The van der Waals surface area contributed by atoms with E-state index in [9.17, 15) is 14.7 Å². The number of rotatable bonds is 6. The molecule has 0 heterocycles. The van der Waals surface area contributed by atoms with Gasteiger partial charge in [0.15, 0.2) is 0 Å². The molecular weight excluding hydrogens is 280 g/mol. The molecule has 0 aromatic heterocycles. The lowest BCUT2D eigenvalue weighted by atomic mass is 10.1. The summed E-state index contributed by atoms with van der Waals surface area (Å²) in [6, 6.07) is 7.48. The minimum atomic E-state index is -0.559. The van der Waals surface area contributed by atoms with Crippen molar-refractivity contribution >= 4 is 11.8 Å². The smallest absolute Gasteiger partial charge is 0.223 e. The maximum absolute atomic E-state index is 12.0. The van der Waals surface area contributed by atoms with E-state index in [4.69, 9.17) is 0 Å². The number of fused-ring (bicyclic) bond motifs is 1. The van der Waals surface area contributed by atoms with E-state index < -0.39 is 6.10 Å². The first-order chi connectivity index (χ1) is 10.6. The van der Waals surface area contributed by atoms with Gasteiger partial charge in [0.1, 0.15) is 0 Å². The molecular formula is C17H22N2O3. The summed E-state index contributed by atoms with van der Waals surface area (Å²) in [5.41, 5.74) is 2.10. The van der Waals surface area contributed by atoms with E-state index in [-0.39, 0.29) is 23.8 Å². The van der Waals surface area contributed by atoms with Gasteiger partial charge in [0.05, 0.1) is 12.1 Å². The van der Waals surface area contributed by atoms with Crippen LogP contribution in [0.2, 0.25) is 0 Å². The van der Waals surface area contributed by atoms with Crippen LogP contribution in [-0.2, 0) is 16.0 Å². The zero-order valence-electron chi connectivity index (χ0n) is 12.5. The lowest BCUT2D eigenvalue weighted by Gasteiger charge is -2.18. The van der Waals surface area contributed by atoms with Crippen LogP contribution >= 0.6 is 0 Å². The van der Waals surface area contributed by atoms with Crippen molar-refractivity contribution < 1.29 is 14.7 Å². The highest BCUT2D eigenvalue weighted by Crippen LogP contribution is 2.31. The molecule has 0 spiro atoms. The summed E-state index contributed by atoms with van der Waals surface area (Å²) in [4.78, 5) is 23.5. The highest BCUT2D eigenvalue weighted by Gasteiger charge is 2.32. The number of carbonyl (C=O) groups is 2. The van der Waals surface area contributed by atoms with Gasteiger partial charge < -0.3 is 15.7 Å². The Morgan fingerprint density at radius 3 is 2.77 bits per heavy atom. The zero-order valence-corrected chi connectivity index (χ0v) is 12.5. The van der Waals surface area contributed by atoms with Crippen LogP contribution < -0.4 is 10.6 Å². The Morgan fingerprint density at radius 1 is 1.23 bits per heavy atom. The summed E-state index contributed by atoms with van der Waals surface area (Å²) in [6.45, 7) is 0.534. The molecule has 5 heteroatoms. The predicted octanol–water partition coefficient (Wildman–Crippen LogP) is 1.07. The summed E-state index contributed by atoms with van der Waals surface area (Å²) < 4.78 is 0. The number of nitrogens with one attached hydrogen (secondary N) is 2. The Hall–Kier alpha value is -1.88. The third kappa shape index (κ3) is 3.47. The molecule has 0 unspecified atom stereocenters. The Morgan fingerprint density at radius 2 is 2.00 bits per heavy atom. The topological polar surface area (TPSA) is 78.4 Å². The molecule has 22 heavy (non-hydrogen) atoms. The number of carbonyl (C=O) groups excluding carboxylic acids is 2. The highest BCUT2D eigenvalue weighted by molar-refractivity contribution is 5.81. The third-order valence-corrected chi connectivity index (χ3v) is 4.35. The first-order valence-electron chi connectivity index (χ1n) is 7.98. The molecule has 0 bridgehead atoms. The van der Waals surface area contributed by atoms with E-state index in [0.29, 0.717) is 25.8 Å². The lowest BCUT2D eigenvalue weighted by Crippen LogP contribution is -2.34. The van der Waals surface area contributed by atoms with Crippen LogP contribution in [0, 0.1) is 5.92 Å². The molecule has 1 fully saturated rings. The molecule has 3 rings (SSSR count). The minimum Gasteiger partial charge on any atom is -0.390 e. The molecule has 1 aromatic carbocycles. The van der Waals surface area contributed by atoms with Gasteiger partial charge >= 0.3 is 0 Å². The van der Waals surface area contributed by atoms with E-state index in [1.807, 2.05) is 24.3 Å². The number of aliphatic hydroxyl groups is 1. The Bertz CT molecular complexity index is 569. The van der Waals surface area contributed by atoms with Crippen molar-refractivity contribution in [2.75, 3.05) is 6.54 Å². The van der Waals surface area contributed by atoms with Crippen molar-refractivity contribution in [3.05, 3.63) is 35.4 Å². The normalized spacial score (nSPS) is 23.0. The number of hydrogen-bond acceptors (Lipinski definition) is 3. The molecule has 3 N–H and O–H groups in total. The molecule has 0 saturated heterocycles. The van der Waals surface area contributed by atoms with E-state index in [1.54, 1.807) is 0 Å². The van der Waals surface area contributed by atoms with Crippen LogP contribution in [0.1, 0.15) is 42.9 Å². The molecule has 2 amide bonds. The number of benzene rings is 1. The van der Waals surface area contributed by atoms with Gasteiger partial charge in [-0.3, -0.25) is 9.59 Å². The largest absolute Gasteiger partial charge is 0.390 e. The van der Waals surface area contributed by atoms with Crippen LogP contribution in [0.15, 0.2) is 24.3 Å². The summed E-state index contributed by atoms with van der Waals surface area (Å²) in [5, 5.41) is 15.9. The first kappa shape index (κ1) is 15.0. The molecule has 0 radical (unpaired) electrons. The second-order valence-corrected chi connectivity index (χ2v) is 6.18. The molecule has 0 aliphatic heterocycles. The average molecular weight is 302 g/mol. The van der Waals surface area contributed by atoms with Gasteiger partial charge in [-0.2, -0.15) is 0 Å². The highest BCUT2D eigenvalue weighted by atomic mass is 16.3. The van der Waals surface area contributed by atoms with Crippen LogP contribution in [0.3, 0.4) is 0 Å². The van der Waals surface area contributed by atoms with Gasteiger partial charge in [0.2, 0.25) is 11.8 Å². The number of aliphatic hydroxyl groups excluding tert-OH is 1. The van der Waals surface area contributed by atoms with Crippen LogP contribution in [-0.4, -0.2) is 29.6 Å². The van der Waals surface area contributed by atoms with E-state index in [1.165, 1.54) is 0 Å². The molecule has 2 atom stereocenters. The fourth-order valence-electron chi connectivity index (χ4n) is 2.94. The summed E-state index contributed by atoms with van der Waals surface area (Å²) in [7, 11) is 0. The van der Waals surface area contributed by atoms with E-state index >= 15 is 0 Å². The van der Waals surface area contributed by atoms with Gasteiger partial charge in [-0.1, -0.05) is 24.3 Å². The predicted molar refractivity (Wildman–Crippen MR) is 82.0 cm³/mol. The van der Waals surface area contributed by atoms with Gasteiger partial charge in [-0.25, -0.2) is 0 Å². The monoisotopic (exact) mass is 302 g/mol. The second-order valence-electron chi connectivity index (χ2n) is 6.18. The minimum absolute atomic E-state index is 0.0820. The molecule has 2 aliphatic carbocycles. The van der Waals surface area contributed by atoms with Crippen LogP contribution in [0.4, 0.5) is 0 Å². The Kier molecular flexibility index (Phi) is 4.43. The fraction of sp³-hybridized carbons (Fsp3) is 0.529. The van der Waals surface area contributed by atoms with Gasteiger partial charge in [0.25, 0.3) is 0 Å². The zero-order chi connectivity index (χ0) is 15.5. The second kappa shape index (κ2) is 6.48. The van der Waals surface area contributed by atoms with E-state index in [2.05, 4.69) is 10.6 Å². The lowest BCUT2D eigenvalue weighted by molar-refractivity contribution is -0.124. The maximum atomic E-state index is 12.0. The number of amides is 2. The van der Waals surface area contributed by atoms with Crippen LogP contribution in [0.25, 0.3) is 0 Å². The van der Waals surface area contributed by atoms with Gasteiger partial charge in [-0.15, -0.1) is 0 Å². The fourth-order valence-corrected chi connectivity index (χ4v) is 2.94. The van der Waals surface area contributed by atoms with Gasteiger partial charge in [-0.05, 0) is 30.4 Å². The van der Waals surface area contributed by atoms with Crippen molar-refractivity contribution in [2.24, 2.45) is 5.92 Å². The third-order valence-electron chi connectivity index (χ3n) is 4.35. The Labute approximate surface area is 130 Å². The molecule has 2 aliphatic rings. The van der Waals surface area contributed by atoms with Crippen molar-refractivity contribution in [3.63, 3.8) is 0 Å². The number of hydrogen-bond donors (Lipinski definition) is 3. The molecule has 118 valence electrons. The molecule has 1 saturated carbocycles. The SMILES string of the molecule is O=C(CCCNC(=O)C1CC1)N[C@@H]1c2ccccc2C[C@H]1O. The van der Waals surface area contributed by atoms with Crippen molar-refractivity contribution in [2.45, 2.75) is 44.2 Å². The maximum Gasteiger partial charge on any atom is 0.223 e. The first-order valence-corrected chi connectivity index (χ1v) is 7.98. The Balaban J connectivity index is 1.42. The molecule has 1 aromatic rings. The quantitative estimate of drug-likeness (QED) is 0.688. The van der Waals surface area contributed by atoms with Crippen molar-refractivity contribution in [1.82, 2.24) is 10.6 Å².